The Morgan fingerprint density at radius 3 is 2.56 bits per heavy atom. The minimum absolute atomic E-state index is 0.0116. The van der Waals surface area contributed by atoms with E-state index in [2.05, 4.69) is 0 Å². The Bertz CT molecular complexity index is 140. The number of aldehydes is 1. The lowest BCUT2D eigenvalue weighted by molar-refractivity contribution is -0.122. The molecule has 0 spiro atoms. The highest BCUT2D eigenvalue weighted by Gasteiger charge is 2.29. The smallest absolute Gasteiger partial charge is 0.136 e. The second kappa shape index (κ2) is 2.29. The Hall–Kier alpha value is -0.660. The molecule has 50 valence electrons. The van der Waals surface area contributed by atoms with Crippen LogP contribution in [0.2, 0.25) is 0 Å². The van der Waals surface area contributed by atoms with Crippen molar-refractivity contribution >= 4 is 12.1 Å². The lowest BCUT2D eigenvalue weighted by Crippen LogP contribution is -2.10. The van der Waals surface area contributed by atoms with Gasteiger partial charge in [-0.05, 0) is 6.42 Å². The maximum Gasteiger partial charge on any atom is 0.136 e. The second-order valence-electron chi connectivity index (χ2n) is 2.59. The number of rotatable bonds is 1. The van der Waals surface area contributed by atoms with E-state index in [0.29, 0.717) is 6.42 Å². The van der Waals surface area contributed by atoms with E-state index in [1.165, 1.54) is 0 Å². The summed E-state index contributed by atoms with van der Waals surface area (Å²) in [4.78, 5) is 21.0. The molecule has 2 heteroatoms. The monoisotopic (exact) mass is 126 g/mol. The third-order valence-corrected chi connectivity index (χ3v) is 2.05. The number of Topliss-reactive ketones (excluding diaryl/α,β-unsaturated/α-hetero) is 1. The molecule has 1 saturated carbocycles. The summed E-state index contributed by atoms with van der Waals surface area (Å²) in [6.07, 6.45) is 2.27. The summed E-state index contributed by atoms with van der Waals surface area (Å²) in [5, 5.41) is 0. The Morgan fingerprint density at radius 2 is 2.33 bits per heavy atom. The van der Waals surface area contributed by atoms with Gasteiger partial charge in [-0.15, -0.1) is 0 Å². The standard InChI is InChI=1S/C7H10O2/c1-5-6(4-8)2-3-7(5)9/h4-6H,2-3H2,1H3/t5-,6-/m1/s1. The molecule has 0 aromatic heterocycles. The molecule has 0 unspecified atom stereocenters. The zero-order valence-electron chi connectivity index (χ0n) is 5.46. The Balaban J connectivity index is 2.61. The molecule has 0 amide bonds. The number of hydrogen-bond donors (Lipinski definition) is 0. The highest BCUT2D eigenvalue weighted by molar-refractivity contribution is 5.86. The van der Waals surface area contributed by atoms with Crippen LogP contribution in [0.5, 0.6) is 0 Å². The highest BCUT2D eigenvalue weighted by Crippen LogP contribution is 2.25. The maximum absolute atomic E-state index is 10.8. The minimum Gasteiger partial charge on any atom is -0.303 e. The molecular weight excluding hydrogens is 116 g/mol. The zero-order valence-corrected chi connectivity index (χ0v) is 5.46. The summed E-state index contributed by atoms with van der Waals surface area (Å²) >= 11 is 0. The van der Waals surface area contributed by atoms with E-state index in [-0.39, 0.29) is 17.6 Å². The summed E-state index contributed by atoms with van der Waals surface area (Å²) in [6.45, 7) is 1.83. The summed E-state index contributed by atoms with van der Waals surface area (Å²) in [6, 6.07) is 0. The van der Waals surface area contributed by atoms with Crippen molar-refractivity contribution in [2.24, 2.45) is 11.8 Å². The zero-order chi connectivity index (χ0) is 6.85. The topological polar surface area (TPSA) is 34.1 Å². The number of carbonyl (C=O) groups is 2. The van der Waals surface area contributed by atoms with Crippen LogP contribution in [0.4, 0.5) is 0 Å². The molecule has 0 aromatic carbocycles. The van der Waals surface area contributed by atoms with Crippen molar-refractivity contribution < 1.29 is 9.59 Å². The van der Waals surface area contributed by atoms with E-state index in [4.69, 9.17) is 0 Å². The van der Waals surface area contributed by atoms with Crippen LogP contribution in [0, 0.1) is 11.8 Å². The van der Waals surface area contributed by atoms with Crippen LogP contribution in [-0.4, -0.2) is 12.1 Å². The molecule has 0 aliphatic heterocycles. The van der Waals surface area contributed by atoms with Crippen molar-refractivity contribution in [3.63, 3.8) is 0 Å². The first kappa shape index (κ1) is 6.46. The molecule has 0 radical (unpaired) electrons. The van der Waals surface area contributed by atoms with E-state index < -0.39 is 0 Å². The quantitative estimate of drug-likeness (QED) is 0.487. The minimum atomic E-state index is -0.0116. The van der Waals surface area contributed by atoms with E-state index in [0.717, 1.165) is 12.7 Å². The first-order valence-corrected chi connectivity index (χ1v) is 3.23. The van der Waals surface area contributed by atoms with Gasteiger partial charge in [0.05, 0.1) is 0 Å². The molecule has 0 heterocycles. The van der Waals surface area contributed by atoms with Crippen molar-refractivity contribution in [1.82, 2.24) is 0 Å². The molecule has 0 aromatic rings. The molecule has 1 aliphatic carbocycles. The average molecular weight is 126 g/mol. The lowest BCUT2D eigenvalue weighted by atomic mass is 10.00. The van der Waals surface area contributed by atoms with Gasteiger partial charge in [0.1, 0.15) is 12.1 Å². The number of carbonyl (C=O) groups excluding carboxylic acids is 2. The molecule has 0 bridgehead atoms. The van der Waals surface area contributed by atoms with Crippen LogP contribution in [0.15, 0.2) is 0 Å². The molecular formula is C7H10O2. The molecule has 9 heavy (non-hydrogen) atoms. The summed E-state index contributed by atoms with van der Waals surface area (Å²) in [5.74, 6) is 0.243. The van der Waals surface area contributed by atoms with E-state index >= 15 is 0 Å². The second-order valence-corrected chi connectivity index (χ2v) is 2.59. The van der Waals surface area contributed by atoms with Crippen molar-refractivity contribution in [1.29, 1.82) is 0 Å². The van der Waals surface area contributed by atoms with Gasteiger partial charge in [-0.2, -0.15) is 0 Å². The van der Waals surface area contributed by atoms with Gasteiger partial charge in [0, 0.05) is 18.3 Å². The SMILES string of the molecule is C[C@H]1C(=O)CC[C@@H]1C=O. The van der Waals surface area contributed by atoms with Gasteiger partial charge in [-0.3, -0.25) is 4.79 Å². The van der Waals surface area contributed by atoms with E-state index in [1.807, 2.05) is 6.92 Å². The molecule has 2 nitrogen and oxygen atoms in total. The lowest BCUT2D eigenvalue weighted by Gasteiger charge is -2.02. The first-order valence-electron chi connectivity index (χ1n) is 3.23. The molecule has 2 atom stereocenters. The van der Waals surface area contributed by atoms with Gasteiger partial charge < -0.3 is 4.79 Å². The highest BCUT2D eigenvalue weighted by atomic mass is 16.1. The first-order chi connectivity index (χ1) is 4.25. The van der Waals surface area contributed by atoms with Gasteiger partial charge in [-0.1, -0.05) is 6.92 Å². The van der Waals surface area contributed by atoms with Gasteiger partial charge in [-0.25, -0.2) is 0 Å². The maximum atomic E-state index is 10.8. The fourth-order valence-electron chi connectivity index (χ4n) is 1.21. The van der Waals surface area contributed by atoms with E-state index in [9.17, 15) is 9.59 Å². The van der Waals surface area contributed by atoms with E-state index in [1.54, 1.807) is 0 Å². The molecule has 0 N–H and O–H groups in total. The van der Waals surface area contributed by atoms with Crippen molar-refractivity contribution in [2.45, 2.75) is 19.8 Å². The van der Waals surface area contributed by atoms with Crippen LogP contribution < -0.4 is 0 Å². The normalized spacial score (nSPS) is 35.0. The predicted molar refractivity (Wildman–Crippen MR) is 33.0 cm³/mol. The average Bonchev–Trinajstić information content (AvgIpc) is 2.15. The van der Waals surface area contributed by atoms with Crippen molar-refractivity contribution in [3.05, 3.63) is 0 Å². The summed E-state index contributed by atoms with van der Waals surface area (Å²) in [5.41, 5.74) is 0. The van der Waals surface area contributed by atoms with Crippen molar-refractivity contribution in [2.75, 3.05) is 0 Å². The summed E-state index contributed by atoms with van der Waals surface area (Å²) < 4.78 is 0. The molecule has 1 aliphatic rings. The van der Waals surface area contributed by atoms with Crippen LogP contribution in [0.25, 0.3) is 0 Å². The third kappa shape index (κ3) is 1.02. The van der Waals surface area contributed by atoms with Crippen molar-refractivity contribution in [3.8, 4) is 0 Å². The molecule has 0 saturated heterocycles. The van der Waals surface area contributed by atoms with Crippen LogP contribution in [0.3, 0.4) is 0 Å². The van der Waals surface area contributed by atoms with Gasteiger partial charge in [0.15, 0.2) is 0 Å². The van der Waals surface area contributed by atoms with Crippen LogP contribution >= 0.6 is 0 Å². The van der Waals surface area contributed by atoms with Gasteiger partial charge in [0.2, 0.25) is 0 Å². The van der Waals surface area contributed by atoms with Crippen LogP contribution in [0.1, 0.15) is 19.8 Å². The molecule has 1 rings (SSSR count). The van der Waals surface area contributed by atoms with Gasteiger partial charge in [0.25, 0.3) is 0 Å². The summed E-state index contributed by atoms with van der Waals surface area (Å²) in [7, 11) is 0. The molecule has 1 fully saturated rings. The number of ketones is 1. The third-order valence-electron chi connectivity index (χ3n) is 2.05. The Labute approximate surface area is 54.2 Å². The van der Waals surface area contributed by atoms with Gasteiger partial charge >= 0.3 is 0 Å². The Morgan fingerprint density at radius 1 is 1.67 bits per heavy atom. The fourth-order valence-corrected chi connectivity index (χ4v) is 1.21. The number of hydrogen-bond acceptors (Lipinski definition) is 2. The predicted octanol–water partition coefficient (Wildman–Crippen LogP) is 0.800. The Kier molecular flexibility index (Phi) is 1.65. The largest absolute Gasteiger partial charge is 0.303 e. The fraction of sp³-hybridized carbons (Fsp3) is 0.714. The van der Waals surface area contributed by atoms with Crippen LogP contribution in [-0.2, 0) is 9.59 Å².